The van der Waals surface area contributed by atoms with Crippen LogP contribution < -0.4 is 4.80 Å². The zero-order chi connectivity index (χ0) is 17.8. The average Bonchev–Trinajstić information content (AvgIpc) is 3.34. The first-order valence-electron chi connectivity index (χ1n) is 9.05. The van der Waals surface area contributed by atoms with E-state index in [1.54, 1.807) is 35.1 Å². The van der Waals surface area contributed by atoms with Gasteiger partial charge in [0.25, 0.3) is 0 Å². The van der Waals surface area contributed by atoms with Gasteiger partial charge in [-0.1, -0.05) is 25.3 Å². The van der Waals surface area contributed by atoms with Gasteiger partial charge in [-0.25, -0.2) is 4.68 Å². The Bertz CT molecular complexity index is 930. The Labute approximate surface area is 161 Å². The van der Waals surface area contributed by atoms with Gasteiger partial charge in [0.05, 0.1) is 22.3 Å². The molecule has 1 aliphatic rings. The van der Waals surface area contributed by atoms with Gasteiger partial charge in [0.15, 0.2) is 0 Å². The number of hydrogen-bond donors (Lipinski definition) is 0. The molecule has 6 heteroatoms. The Morgan fingerprint density at radius 3 is 2.65 bits per heavy atom. The van der Waals surface area contributed by atoms with Gasteiger partial charge in [0.2, 0.25) is 4.80 Å². The van der Waals surface area contributed by atoms with E-state index in [1.165, 1.54) is 37.0 Å². The molecule has 0 atom stereocenters. The summed E-state index contributed by atoms with van der Waals surface area (Å²) in [5.74, 6) is 0. The lowest BCUT2D eigenvalue weighted by molar-refractivity contribution is 0.435. The standard InChI is InChI=1S/C20H22N4S2/c1-15(16-9-11-21-12-10-16)23-24-18(19-8-5-13-25-19)14-26-20(24)22-17-6-3-2-4-7-17/h5,8-14,17H,2-4,6-7H2,1H3. The minimum atomic E-state index is 0.432. The van der Waals surface area contributed by atoms with Gasteiger partial charge in [-0.2, -0.15) is 5.10 Å². The molecule has 1 aliphatic carbocycles. The number of thiazole rings is 1. The molecule has 4 rings (SSSR count). The molecule has 134 valence electrons. The number of thiophene rings is 1. The average molecular weight is 383 g/mol. The van der Waals surface area contributed by atoms with Crippen LogP contribution in [-0.4, -0.2) is 21.4 Å². The highest BCUT2D eigenvalue weighted by Crippen LogP contribution is 2.26. The molecular formula is C20H22N4S2. The second-order valence-electron chi connectivity index (χ2n) is 6.53. The molecule has 3 heterocycles. The summed E-state index contributed by atoms with van der Waals surface area (Å²) in [5, 5.41) is 9.22. The van der Waals surface area contributed by atoms with Crippen molar-refractivity contribution in [3.05, 3.63) is 57.8 Å². The Morgan fingerprint density at radius 2 is 1.92 bits per heavy atom. The molecule has 0 bridgehead atoms. The first-order chi connectivity index (χ1) is 12.8. The summed E-state index contributed by atoms with van der Waals surface area (Å²) in [6, 6.07) is 8.65. The van der Waals surface area contributed by atoms with Crippen molar-refractivity contribution in [1.29, 1.82) is 0 Å². The van der Waals surface area contributed by atoms with Crippen molar-refractivity contribution in [2.75, 3.05) is 0 Å². The summed E-state index contributed by atoms with van der Waals surface area (Å²) < 4.78 is 2.03. The number of aromatic nitrogens is 2. The van der Waals surface area contributed by atoms with Crippen molar-refractivity contribution in [3.8, 4) is 10.6 Å². The van der Waals surface area contributed by atoms with Gasteiger partial charge in [0.1, 0.15) is 0 Å². The zero-order valence-corrected chi connectivity index (χ0v) is 16.5. The summed E-state index contributed by atoms with van der Waals surface area (Å²) in [6.07, 6.45) is 9.92. The monoisotopic (exact) mass is 382 g/mol. The number of nitrogens with zero attached hydrogens (tertiary/aromatic N) is 4. The van der Waals surface area contributed by atoms with Crippen molar-refractivity contribution < 1.29 is 0 Å². The van der Waals surface area contributed by atoms with Gasteiger partial charge < -0.3 is 0 Å². The van der Waals surface area contributed by atoms with Crippen LogP contribution in [-0.2, 0) is 0 Å². The van der Waals surface area contributed by atoms with Crippen LogP contribution in [0.25, 0.3) is 10.6 Å². The molecule has 26 heavy (non-hydrogen) atoms. The molecule has 0 amide bonds. The normalized spacial score (nSPS) is 17.0. The maximum absolute atomic E-state index is 5.06. The van der Waals surface area contributed by atoms with Gasteiger partial charge in [-0.15, -0.1) is 22.7 Å². The molecule has 3 aromatic heterocycles. The number of rotatable bonds is 4. The van der Waals surface area contributed by atoms with Crippen LogP contribution in [0.2, 0.25) is 0 Å². The minimum absolute atomic E-state index is 0.432. The van der Waals surface area contributed by atoms with E-state index >= 15 is 0 Å². The highest BCUT2D eigenvalue weighted by molar-refractivity contribution is 7.14. The van der Waals surface area contributed by atoms with E-state index in [0.29, 0.717) is 6.04 Å². The maximum Gasteiger partial charge on any atom is 0.206 e. The fourth-order valence-electron chi connectivity index (χ4n) is 3.25. The minimum Gasteiger partial charge on any atom is -0.265 e. The Kier molecular flexibility index (Phi) is 5.41. The van der Waals surface area contributed by atoms with E-state index in [1.807, 2.05) is 23.7 Å². The van der Waals surface area contributed by atoms with Gasteiger partial charge in [-0.3, -0.25) is 9.98 Å². The van der Waals surface area contributed by atoms with Crippen molar-refractivity contribution in [2.24, 2.45) is 10.1 Å². The van der Waals surface area contributed by atoms with Crippen LogP contribution in [0, 0.1) is 0 Å². The fraction of sp³-hybridized carbons (Fsp3) is 0.350. The summed E-state index contributed by atoms with van der Waals surface area (Å²) >= 11 is 3.43. The summed E-state index contributed by atoms with van der Waals surface area (Å²) in [7, 11) is 0. The molecule has 0 saturated heterocycles. The van der Waals surface area contributed by atoms with Crippen LogP contribution in [0.15, 0.2) is 57.5 Å². The SMILES string of the molecule is CC(=Nn1c(-c2cccs2)csc1=NC1CCCCC1)c1ccncc1. The molecule has 0 radical (unpaired) electrons. The smallest absolute Gasteiger partial charge is 0.206 e. The predicted octanol–water partition coefficient (Wildman–Crippen LogP) is 5.18. The molecule has 4 nitrogen and oxygen atoms in total. The summed E-state index contributed by atoms with van der Waals surface area (Å²) in [4.78, 5) is 11.4. The second-order valence-corrected chi connectivity index (χ2v) is 8.32. The highest BCUT2D eigenvalue weighted by Gasteiger charge is 2.14. The Morgan fingerprint density at radius 1 is 1.12 bits per heavy atom. The topological polar surface area (TPSA) is 42.5 Å². The third-order valence-corrected chi connectivity index (χ3v) is 6.40. The van der Waals surface area contributed by atoms with Crippen molar-refractivity contribution >= 4 is 28.4 Å². The van der Waals surface area contributed by atoms with Gasteiger partial charge >= 0.3 is 0 Å². The summed E-state index contributed by atoms with van der Waals surface area (Å²) in [6.45, 7) is 2.04. The second kappa shape index (κ2) is 8.10. The van der Waals surface area contributed by atoms with E-state index in [2.05, 4.69) is 27.9 Å². The number of hydrogen-bond acceptors (Lipinski definition) is 5. The van der Waals surface area contributed by atoms with Crippen LogP contribution >= 0.6 is 22.7 Å². The van der Waals surface area contributed by atoms with Crippen LogP contribution in [0.1, 0.15) is 44.6 Å². The van der Waals surface area contributed by atoms with Gasteiger partial charge in [-0.05, 0) is 43.3 Å². The van der Waals surface area contributed by atoms with Gasteiger partial charge in [0, 0.05) is 23.3 Å². The quantitative estimate of drug-likeness (QED) is 0.573. The van der Waals surface area contributed by atoms with E-state index in [9.17, 15) is 0 Å². The van der Waals surface area contributed by atoms with E-state index in [4.69, 9.17) is 10.1 Å². The van der Waals surface area contributed by atoms with E-state index < -0.39 is 0 Å². The molecule has 0 aromatic carbocycles. The van der Waals surface area contributed by atoms with Crippen LogP contribution in [0.3, 0.4) is 0 Å². The zero-order valence-electron chi connectivity index (χ0n) is 14.8. The highest BCUT2D eigenvalue weighted by atomic mass is 32.1. The molecule has 0 spiro atoms. The Hall–Kier alpha value is -2.05. The maximum atomic E-state index is 5.06. The Balaban J connectivity index is 1.79. The third-order valence-electron chi connectivity index (χ3n) is 4.67. The molecule has 0 unspecified atom stereocenters. The molecule has 3 aromatic rings. The molecule has 1 fully saturated rings. The first kappa shape index (κ1) is 17.4. The molecular weight excluding hydrogens is 360 g/mol. The van der Waals surface area contributed by atoms with E-state index in [0.717, 1.165) is 21.8 Å². The van der Waals surface area contributed by atoms with Crippen LogP contribution in [0.4, 0.5) is 0 Å². The lowest BCUT2D eigenvalue weighted by atomic mass is 9.96. The first-order valence-corrected chi connectivity index (χ1v) is 10.8. The molecule has 0 aliphatic heterocycles. The molecule has 0 N–H and O–H groups in total. The van der Waals surface area contributed by atoms with E-state index in [-0.39, 0.29) is 0 Å². The van der Waals surface area contributed by atoms with Crippen molar-refractivity contribution in [1.82, 2.24) is 9.66 Å². The fourth-order valence-corrected chi connectivity index (χ4v) is 4.94. The lowest BCUT2D eigenvalue weighted by Gasteiger charge is -2.16. The van der Waals surface area contributed by atoms with Crippen molar-refractivity contribution in [2.45, 2.75) is 45.1 Å². The van der Waals surface area contributed by atoms with Crippen molar-refractivity contribution in [3.63, 3.8) is 0 Å². The largest absolute Gasteiger partial charge is 0.265 e. The van der Waals surface area contributed by atoms with Crippen LogP contribution in [0.5, 0.6) is 0 Å². The summed E-state index contributed by atoms with van der Waals surface area (Å²) in [5.41, 5.74) is 3.17. The predicted molar refractivity (Wildman–Crippen MR) is 110 cm³/mol. The molecule has 1 saturated carbocycles. The lowest BCUT2D eigenvalue weighted by Crippen LogP contribution is -2.19. The number of pyridine rings is 1. The third kappa shape index (κ3) is 3.86.